The van der Waals surface area contributed by atoms with E-state index in [1.54, 1.807) is 17.4 Å². The van der Waals surface area contributed by atoms with Crippen LogP contribution in [0.25, 0.3) is 16.9 Å². The lowest BCUT2D eigenvalue weighted by Gasteiger charge is -2.16. The van der Waals surface area contributed by atoms with Gasteiger partial charge in [0.1, 0.15) is 0 Å². The Morgan fingerprint density at radius 1 is 1.08 bits per heavy atom. The van der Waals surface area contributed by atoms with Gasteiger partial charge < -0.3 is 9.47 Å². The molecule has 25 heavy (non-hydrogen) atoms. The van der Waals surface area contributed by atoms with Gasteiger partial charge in [0.2, 0.25) is 5.91 Å². The van der Waals surface area contributed by atoms with E-state index >= 15 is 0 Å². The summed E-state index contributed by atoms with van der Waals surface area (Å²) in [4.78, 5) is 23.0. The number of likely N-dealkylation sites (N-methyl/N-ethyl adjacent to an activating group) is 1. The number of rotatable bonds is 2. The number of nitrogens with zero attached hydrogens (tertiary/aromatic N) is 4. The van der Waals surface area contributed by atoms with Gasteiger partial charge >= 0.3 is 0 Å². The second kappa shape index (κ2) is 5.28. The van der Waals surface area contributed by atoms with Crippen molar-refractivity contribution < 1.29 is 4.79 Å². The van der Waals surface area contributed by atoms with E-state index in [2.05, 4.69) is 9.97 Å². The largest absolute Gasteiger partial charge is 0.314 e. The Hall–Kier alpha value is -2.95. The molecule has 0 fully saturated rings. The zero-order valence-corrected chi connectivity index (χ0v) is 14.8. The molecule has 2 aromatic heterocycles. The number of carbonyl (C=O) groups is 1. The molecule has 1 aliphatic heterocycles. The number of aromatic nitrogens is 3. The van der Waals surface area contributed by atoms with Crippen LogP contribution >= 0.6 is 0 Å². The molecule has 0 atom stereocenters. The molecule has 3 aromatic rings. The lowest BCUT2D eigenvalue weighted by molar-refractivity contribution is -0.121. The van der Waals surface area contributed by atoms with Crippen LogP contribution in [0.15, 0.2) is 49.1 Å². The monoisotopic (exact) mass is 332 g/mol. The lowest BCUT2D eigenvalue weighted by Crippen LogP contribution is -2.33. The van der Waals surface area contributed by atoms with Crippen LogP contribution in [0.5, 0.6) is 0 Å². The van der Waals surface area contributed by atoms with Crippen molar-refractivity contribution in [2.45, 2.75) is 26.2 Å². The summed E-state index contributed by atoms with van der Waals surface area (Å²) < 4.78 is 1.98. The Morgan fingerprint density at radius 3 is 2.64 bits per heavy atom. The third kappa shape index (κ3) is 2.35. The predicted octanol–water partition coefficient (Wildman–Crippen LogP) is 3.50. The first-order valence-corrected chi connectivity index (χ1v) is 8.28. The molecule has 0 saturated heterocycles. The molecule has 1 aromatic carbocycles. The van der Waals surface area contributed by atoms with E-state index in [-0.39, 0.29) is 5.91 Å². The molecular weight excluding hydrogens is 312 g/mol. The molecule has 5 heteroatoms. The normalized spacial score (nSPS) is 15.5. The summed E-state index contributed by atoms with van der Waals surface area (Å²) in [5.41, 5.74) is 5.42. The van der Waals surface area contributed by atoms with E-state index in [4.69, 9.17) is 0 Å². The molecule has 3 heterocycles. The van der Waals surface area contributed by atoms with Crippen LogP contribution in [0.3, 0.4) is 0 Å². The van der Waals surface area contributed by atoms with Crippen LogP contribution in [-0.4, -0.2) is 27.5 Å². The molecule has 5 nitrogen and oxygen atoms in total. The molecule has 0 N–H and O–H groups in total. The van der Waals surface area contributed by atoms with Crippen molar-refractivity contribution >= 4 is 11.6 Å². The lowest BCUT2D eigenvalue weighted by atomic mass is 9.86. The molecule has 0 saturated carbocycles. The number of hydrogen-bond acceptors (Lipinski definition) is 3. The van der Waals surface area contributed by atoms with Crippen molar-refractivity contribution in [3.8, 4) is 16.9 Å². The van der Waals surface area contributed by atoms with Crippen molar-refractivity contribution in [1.29, 1.82) is 0 Å². The fraction of sp³-hybridized carbons (Fsp3) is 0.250. The number of carbonyl (C=O) groups excluding carboxylic acids is 1. The highest BCUT2D eigenvalue weighted by molar-refractivity contribution is 6.07. The van der Waals surface area contributed by atoms with E-state index in [9.17, 15) is 4.79 Å². The summed E-state index contributed by atoms with van der Waals surface area (Å²) in [5.74, 6) is 0.123. The van der Waals surface area contributed by atoms with Gasteiger partial charge in [-0.1, -0.05) is 12.1 Å². The third-order valence-electron chi connectivity index (χ3n) is 4.93. The maximum atomic E-state index is 12.5. The van der Waals surface area contributed by atoms with E-state index in [0.29, 0.717) is 0 Å². The van der Waals surface area contributed by atoms with Crippen molar-refractivity contribution in [2.75, 3.05) is 11.9 Å². The molecule has 126 valence electrons. The van der Waals surface area contributed by atoms with Crippen LogP contribution < -0.4 is 4.90 Å². The van der Waals surface area contributed by atoms with E-state index < -0.39 is 5.41 Å². The first kappa shape index (κ1) is 15.6. The Bertz CT molecular complexity index is 987. The Morgan fingerprint density at radius 2 is 1.88 bits per heavy atom. The number of hydrogen-bond donors (Lipinski definition) is 0. The van der Waals surface area contributed by atoms with Gasteiger partial charge in [-0.25, -0.2) is 4.98 Å². The molecule has 0 radical (unpaired) electrons. The first-order valence-electron chi connectivity index (χ1n) is 8.28. The van der Waals surface area contributed by atoms with Gasteiger partial charge in [0, 0.05) is 42.1 Å². The minimum Gasteiger partial charge on any atom is -0.314 e. The predicted molar refractivity (Wildman–Crippen MR) is 98.0 cm³/mol. The maximum Gasteiger partial charge on any atom is 0.236 e. The fourth-order valence-electron chi connectivity index (χ4n) is 3.45. The highest BCUT2D eigenvalue weighted by atomic mass is 16.2. The van der Waals surface area contributed by atoms with Crippen LogP contribution in [0, 0.1) is 6.92 Å². The number of amides is 1. The molecular formula is C20H20N4O. The second-order valence-electron chi connectivity index (χ2n) is 7.04. The van der Waals surface area contributed by atoms with Crippen LogP contribution in [0.1, 0.15) is 25.1 Å². The quantitative estimate of drug-likeness (QED) is 0.722. The summed E-state index contributed by atoms with van der Waals surface area (Å²) in [6.07, 6.45) is 5.59. The van der Waals surface area contributed by atoms with E-state index in [1.807, 2.05) is 68.9 Å². The van der Waals surface area contributed by atoms with Crippen LogP contribution in [0.4, 0.5) is 5.69 Å². The molecule has 1 aliphatic rings. The van der Waals surface area contributed by atoms with Crippen molar-refractivity contribution in [3.63, 3.8) is 0 Å². The molecule has 4 rings (SSSR count). The topological polar surface area (TPSA) is 51.0 Å². The minimum atomic E-state index is -0.476. The Labute approximate surface area is 147 Å². The number of benzene rings is 1. The highest BCUT2D eigenvalue weighted by Gasteiger charge is 2.42. The minimum absolute atomic E-state index is 0.123. The van der Waals surface area contributed by atoms with Gasteiger partial charge in [-0.2, -0.15) is 0 Å². The first-order chi connectivity index (χ1) is 11.9. The third-order valence-corrected chi connectivity index (χ3v) is 4.93. The van der Waals surface area contributed by atoms with E-state index in [1.165, 1.54) is 0 Å². The fourth-order valence-corrected chi connectivity index (χ4v) is 3.45. The smallest absolute Gasteiger partial charge is 0.236 e. The number of aryl methyl sites for hydroxylation is 1. The van der Waals surface area contributed by atoms with E-state index in [0.717, 1.165) is 33.9 Å². The van der Waals surface area contributed by atoms with Crippen LogP contribution in [-0.2, 0) is 10.2 Å². The Kier molecular flexibility index (Phi) is 3.29. The summed E-state index contributed by atoms with van der Waals surface area (Å²) in [5, 5.41) is 0. The average molecular weight is 332 g/mol. The van der Waals surface area contributed by atoms with Gasteiger partial charge in [0.25, 0.3) is 0 Å². The maximum absolute atomic E-state index is 12.5. The van der Waals surface area contributed by atoms with Crippen molar-refractivity contribution in [2.24, 2.45) is 0 Å². The van der Waals surface area contributed by atoms with Crippen molar-refractivity contribution in [3.05, 3.63) is 60.3 Å². The summed E-state index contributed by atoms with van der Waals surface area (Å²) in [6.45, 7) is 5.91. The number of anilines is 1. The SMILES string of the molecule is Cc1cc(-n2cnc(-c3ccc4c(c3)N(C)C(=O)C4(C)C)c2)ccn1. The second-order valence-corrected chi connectivity index (χ2v) is 7.04. The van der Waals surface area contributed by atoms with Gasteiger partial charge in [0.05, 0.1) is 17.4 Å². The average Bonchev–Trinajstić information content (AvgIpc) is 3.15. The molecule has 0 aliphatic carbocycles. The van der Waals surface area contributed by atoms with Gasteiger partial charge in [-0.05, 0) is 44.5 Å². The van der Waals surface area contributed by atoms with Crippen molar-refractivity contribution in [1.82, 2.24) is 14.5 Å². The van der Waals surface area contributed by atoms with Gasteiger partial charge in [0.15, 0.2) is 0 Å². The molecule has 0 bridgehead atoms. The summed E-state index contributed by atoms with van der Waals surface area (Å²) in [6, 6.07) is 10.1. The number of fused-ring (bicyclic) bond motifs is 1. The van der Waals surface area contributed by atoms with Crippen LogP contribution in [0.2, 0.25) is 0 Å². The molecule has 1 amide bonds. The standard InChI is InChI=1S/C20H20N4O/c1-13-9-15(7-8-21-13)24-11-17(22-12-24)14-5-6-16-18(10-14)23(4)19(25)20(16,2)3/h5-12H,1-4H3. The zero-order chi connectivity index (χ0) is 17.8. The van der Waals surface area contributed by atoms with Gasteiger partial charge in [-0.3, -0.25) is 9.78 Å². The number of pyridine rings is 1. The zero-order valence-electron chi connectivity index (χ0n) is 14.8. The number of imidazole rings is 1. The molecule has 0 unspecified atom stereocenters. The van der Waals surface area contributed by atoms with Gasteiger partial charge in [-0.15, -0.1) is 0 Å². The summed E-state index contributed by atoms with van der Waals surface area (Å²) in [7, 11) is 1.83. The Balaban J connectivity index is 1.74. The highest BCUT2D eigenvalue weighted by Crippen LogP contribution is 2.42. The summed E-state index contributed by atoms with van der Waals surface area (Å²) >= 11 is 0. The molecule has 0 spiro atoms.